The Bertz CT molecular complexity index is 618. The van der Waals surface area contributed by atoms with E-state index in [0.717, 1.165) is 11.3 Å². The maximum Gasteiger partial charge on any atom is 0.387 e. The third-order valence-corrected chi connectivity index (χ3v) is 3.65. The maximum atomic E-state index is 12.1. The first-order valence-corrected chi connectivity index (χ1v) is 7.17. The van der Waals surface area contributed by atoms with E-state index in [0.29, 0.717) is 9.60 Å². The monoisotopic (exact) mass is 361 g/mol. The van der Waals surface area contributed by atoms with Crippen LogP contribution in [0.4, 0.5) is 13.9 Å². The summed E-state index contributed by atoms with van der Waals surface area (Å²) >= 11 is 4.61. The van der Waals surface area contributed by atoms with Crippen LogP contribution in [0.5, 0.6) is 5.75 Å². The van der Waals surface area contributed by atoms with Gasteiger partial charge in [-0.15, -0.1) is 11.3 Å². The highest BCUT2D eigenvalue weighted by Gasteiger charge is 2.08. The number of benzene rings is 1. The molecule has 1 heterocycles. The molecule has 0 spiro atoms. The largest absolute Gasteiger partial charge is 0.434 e. The molecule has 1 aromatic heterocycles. The Morgan fingerprint density at radius 3 is 2.90 bits per heavy atom. The number of rotatable bonds is 5. The molecule has 0 aliphatic rings. The highest BCUT2D eigenvalue weighted by Crippen LogP contribution is 2.27. The summed E-state index contributed by atoms with van der Waals surface area (Å²) in [5, 5.41) is 6.62. The van der Waals surface area contributed by atoms with Crippen molar-refractivity contribution < 1.29 is 13.5 Å². The van der Waals surface area contributed by atoms with Crippen LogP contribution in [0.3, 0.4) is 0 Å². The van der Waals surface area contributed by atoms with Gasteiger partial charge in [-0.25, -0.2) is 4.98 Å². The molecular formula is C12H10BrF2N3OS. The first-order chi connectivity index (χ1) is 9.54. The SMILES string of the molecule is Cc1csc(NN=Cc2ccc(OC(F)F)c(Br)c2)n1. The van der Waals surface area contributed by atoms with E-state index in [9.17, 15) is 8.78 Å². The average Bonchev–Trinajstić information content (AvgIpc) is 2.78. The van der Waals surface area contributed by atoms with E-state index in [1.54, 1.807) is 18.3 Å². The number of ether oxygens (including phenoxy) is 1. The molecule has 1 aromatic carbocycles. The van der Waals surface area contributed by atoms with Gasteiger partial charge in [-0.1, -0.05) is 0 Å². The molecule has 0 saturated heterocycles. The lowest BCUT2D eigenvalue weighted by atomic mass is 10.2. The standard InChI is InChI=1S/C12H10BrF2N3OS/c1-7-6-20-12(17-7)18-16-5-8-2-3-10(9(13)4-8)19-11(14)15/h2-6,11H,1H3,(H,17,18). The topological polar surface area (TPSA) is 46.5 Å². The van der Waals surface area contributed by atoms with E-state index in [-0.39, 0.29) is 5.75 Å². The molecule has 0 aliphatic carbocycles. The van der Waals surface area contributed by atoms with Crippen LogP contribution < -0.4 is 10.2 Å². The summed E-state index contributed by atoms with van der Waals surface area (Å²) < 4.78 is 29.0. The van der Waals surface area contributed by atoms with Crippen molar-refractivity contribution in [3.63, 3.8) is 0 Å². The number of aryl methyl sites for hydroxylation is 1. The van der Waals surface area contributed by atoms with Gasteiger partial charge in [0.25, 0.3) is 0 Å². The van der Waals surface area contributed by atoms with Gasteiger partial charge < -0.3 is 4.74 Å². The molecule has 0 amide bonds. The minimum Gasteiger partial charge on any atom is -0.434 e. The highest BCUT2D eigenvalue weighted by atomic mass is 79.9. The zero-order chi connectivity index (χ0) is 14.5. The van der Waals surface area contributed by atoms with Crippen molar-refractivity contribution in [1.82, 2.24) is 4.98 Å². The van der Waals surface area contributed by atoms with Crippen LogP contribution in [-0.2, 0) is 0 Å². The zero-order valence-corrected chi connectivity index (χ0v) is 12.7. The smallest absolute Gasteiger partial charge is 0.387 e. The molecule has 1 N–H and O–H groups in total. The Kier molecular flexibility index (Phi) is 5.02. The number of aromatic nitrogens is 1. The lowest BCUT2D eigenvalue weighted by molar-refractivity contribution is -0.0503. The van der Waals surface area contributed by atoms with Crippen LogP contribution >= 0.6 is 27.3 Å². The van der Waals surface area contributed by atoms with Gasteiger partial charge in [-0.3, -0.25) is 5.43 Å². The molecule has 0 radical (unpaired) electrons. The van der Waals surface area contributed by atoms with E-state index in [1.165, 1.54) is 17.4 Å². The van der Waals surface area contributed by atoms with Crippen molar-refractivity contribution >= 4 is 38.6 Å². The number of hydrazone groups is 1. The molecule has 0 fully saturated rings. The summed E-state index contributed by atoms with van der Waals surface area (Å²) in [6, 6.07) is 4.71. The molecule has 106 valence electrons. The van der Waals surface area contributed by atoms with Crippen molar-refractivity contribution in [2.45, 2.75) is 13.5 Å². The van der Waals surface area contributed by atoms with Crippen molar-refractivity contribution in [3.05, 3.63) is 39.3 Å². The van der Waals surface area contributed by atoms with E-state index in [2.05, 4.69) is 36.2 Å². The fourth-order valence-electron chi connectivity index (χ4n) is 1.36. The van der Waals surface area contributed by atoms with Gasteiger partial charge in [0.2, 0.25) is 5.13 Å². The summed E-state index contributed by atoms with van der Waals surface area (Å²) in [6.45, 7) is -0.954. The quantitative estimate of drug-likeness (QED) is 0.639. The second kappa shape index (κ2) is 6.76. The molecule has 0 atom stereocenters. The molecule has 8 heteroatoms. The Labute approximate surface area is 126 Å². The van der Waals surface area contributed by atoms with Crippen LogP contribution in [0.25, 0.3) is 0 Å². The zero-order valence-electron chi connectivity index (χ0n) is 10.3. The Morgan fingerprint density at radius 2 is 2.30 bits per heavy atom. The molecule has 20 heavy (non-hydrogen) atoms. The maximum absolute atomic E-state index is 12.1. The van der Waals surface area contributed by atoms with E-state index >= 15 is 0 Å². The van der Waals surface area contributed by atoms with E-state index in [1.807, 2.05) is 12.3 Å². The number of alkyl halides is 2. The second-order valence-electron chi connectivity index (χ2n) is 3.73. The molecular weight excluding hydrogens is 352 g/mol. The first-order valence-electron chi connectivity index (χ1n) is 5.50. The Hall–Kier alpha value is -1.54. The van der Waals surface area contributed by atoms with Gasteiger partial charge in [0, 0.05) is 5.38 Å². The lowest BCUT2D eigenvalue weighted by Crippen LogP contribution is -2.02. The van der Waals surface area contributed by atoms with Crippen molar-refractivity contribution in [2.75, 3.05) is 5.43 Å². The number of halogens is 3. The van der Waals surface area contributed by atoms with Crippen molar-refractivity contribution in [2.24, 2.45) is 5.10 Å². The molecule has 4 nitrogen and oxygen atoms in total. The lowest BCUT2D eigenvalue weighted by Gasteiger charge is -2.06. The molecule has 0 saturated carbocycles. The summed E-state index contributed by atoms with van der Waals surface area (Å²) in [6.07, 6.45) is 1.56. The minimum absolute atomic E-state index is 0.0839. The predicted octanol–water partition coefficient (Wildman–Crippen LogP) is 4.26. The van der Waals surface area contributed by atoms with Crippen LogP contribution in [0.15, 0.2) is 33.2 Å². The predicted molar refractivity (Wildman–Crippen MR) is 78.8 cm³/mol. The summed E-state index contributed by atoms with van der Waals surface area (Å²) in [5.41, 5.74) is 4.45. The van der Waals surface area contributed by atoms with E-state index < -0.39 is 6.61 Å². The molecule has 0 bridgehead atoms. The normalized spacial score (nSPS) is 11.2. The van der Waals surface area contributed by atoms with Crippen LogP contribution in [0, 0.1) is 6.92 Å². The fraction of sp³-hybridized carbons (Fsp3) is 0.167. The van der Waals surface area contributed by atoms with Gasteiger partial charge in [0.1, 0.15) is 5.75 Å². The number of nitrogens with zero attached hydrogens (tertiary/aromatic N) is 2. The second-order valence-corrected chi connectivity index (χ2v) is 5.44. The van der Waals surface area contributed by atoms with Gasteiger partial charge in [0.15, 0.2) is 0 Å². The Balaban J connectivity index is 2.01. The third kappa shape index (κ3) is 4.24. The number of hydrogen-bond acceptors (Lipinski definition) is 5. The first kappa shape index (κ1) is 14.9. The van der Waals surface area contributed by atoms with Crippen molar-refractivity contribution in [3.8, 4) is 5.75 Å². The minimum atomic E-state index is -2.85. The summed E-state index contributed by atoms with van der Waals surface area (Å²) in [4.78, 5) is 4.19. The number of nitrogens with one attached hydrogen (secondary N) is 1. The third-order valence-electron chi connectivity index (χ3n) is 2.16. The fourth-order valence-corrected chi connectivity index (χ4v) is 2.48. The van der Waals surface area contributed by atoms with Crippen LogP contribution in [0.2, 0.25) is 0 Å². The van der Waals surface area contributed by atoms with Gasteiger partial charge in [-0.2, -0.15) is 13.9 Å². The van der Waals surface area contributed by atoms with E-state index in [4.69, 9.17) is 0 Å². The van der Waals surface area contributed by atoms with Gasteiger partial charge in [0.05, 0.1) is 16.4 Å². The van der Waals surface area contributed by atoms with Crippen LogP contribution in [0.1, 0.15) is 11.3 Å². The number of hydrogen-bond donors (Lipinski definition) is 1. The Morgan fingerprint density at radius 1 is 1.50 bits per heavy atom. The van der Waals surface area contributed by atoms with Gasteiger partial charge >= 0.3 is 6.61 Å². The summed E-state index contributed by atoms with van der Waals surface area (Å²) in [5.74, 6) is 0.0839. The van der Waals surface area contributed by atoms with Gasteiger partial charge in [-0.05, 0) is 46.6 Å². The molecule has 2 aromatic rings. The highest BCUT2D eigenvalue weighted by molar-refractivity contribution is 9.10. The van der Waals surface area contributed by atoms with Crippen molar-refractivity contribution in [1.29, 1.82) is 0 Å². The molecule has 0 unspecified atom stereocenters. The molecule has 2 rings (SSSR count). The average molecular weight is 362 g/mol. The number of thiazole rings is 1. The number of anilines is 1. The van der Waals surface area contributed by atoms with Crippen LogP contribution in [-0.4, -0.2) is 17.8 Å². The summed E-state index contributed by atoms with van der Waals surface area (Å²) in [7, 11) is 0. The molecule has 0 aliphatic heterocycles.